The molecular weight excluding hydrogens is 274 g/mol. The molecular formula is C18H27N3O. The van der Waals surface area contributed by atoms with E-state index in [1.807, 2.05) is 12.1 Å². The van der Waals surface area contributed by atoms with Gasteiger partial charge in [0.05, 0.1) is 6.54 Å². The van der Waals surface area contributed by atoms with E-state index in [4.69, 9.17) is 0 Å². The first kappa shape index (κ1) is 15.5. The number of benzene rings is 1. The van der Waals surface area contributed by atoms with Crippen LogP contribution in [0.3, 0.4) is 0 Å². The number of nitrogens with zero attached hydrogens (tertiary/aromatic N) is 1. The van der Waals surface area contributed by atoms with Gasteiger partial charge in [-0.05, 0) is 48.9 Å². The summed E-state index contributed by atoms with van der Waals surface area (Å²) in [7, 11) is 0. The van der Waals surface area contributed by atoms with Crippen molar-refractivity contribution in [1.29, 1.82) is 0 Å². The quantitative estimate of drug-likeness (QED) is 0.898. The minimum absolute atomic E-state index is 0.0988. The molecule has 0 aliphatic carbocycles. The van der Waals surface area contributed by atoms with Gasteiger partial charge in [-0.25, -0.2) is 0 Å². The third kappa shape index (κ3) is 3.68. The number of carbonyl (C=O) groups excluding carboxylic acids is 1. The molecule has 0 aromatic heterocycles. The number of likely N-dealkylation sites (tertiary alicyclic amines) is 1. The molecule has 22 heavy (non-hydrogen) atoms. The van der Waals surface area contributed by atoms with E-state index < -0.39 is 0 Å². The lowest BCUT2D eigenvalue weighted by Gasteiger charge is -2.34. The van der Waals surface area contributed by atoms with Crippen LogP contribution >= 0.6 is 0 Å². The van der Waals surface area contributed by atoms with Crippen LogP contribution in [-0.4, -0.2) is 43.0 Å². The van der Waals surface area contributed by atoms with Crippen LogP contribution in [0.2, 0.25) is 0 Å². The van der Waals surface area contributed by atoms with Crippen molar-refractivity contribution in [2.75, 3.05) is 31.5 Å². The Hall–Kier alpha value is -1.39. The molecule has 0 saturated carbocycles. The van der Waals surface area contributed by atoms with Gasteiger partial charge in [0, 0.05) is 24.8 Å². The fourth-order valence-corrected chi connectivity index (χ4v) is 3.62. The first-order valence-corrected chi connectivity index (χ1v) is 8.47. The third-order valence-electron chi connectivity index (χ3n) is 4.97. The second-order valence-electron chi connectivity index (χ2n) is 6.96. The highest BCUT2D eigenvalue weighted by Crippen LogP contribution is 2.24. The van der Waals surface area contributed by atoms with Crippen LogP contribution in [0.1, 0.15) is 38.2 Å². The molecule has 120 valence electrons. The number of nitrogens with one attached hydrogen (secondary N) is 2. The summed E-state index contributed by atoms with van der Waals surface area (Å²) in [5, 5.41) is 6.58. The highest BCUT2D eigenvalue weighted by atomic mass is 16.2. The van der Waals surface area contributed by atoms with Gasteiger partial charge in [0.2, 0.25) is 5.91 Å². The average Bonchev–Trinajstić information content (AvgIpc) is 2.95. The molecule has 1 amide bonds. The molecule has 2 aliphatic heterocycles. The fraction of sp³-hybridized carbons (Fsp3) is 0.611. The Bertz CT molecular complexity index is 512. The summed E-state index contributed by atoms with van der Waals surface area (Å²) >= 11 is 0. The van der Waals surface area contributed by atoms with Gasteiger partial charge in [0.1, 0.15) is 0 Å². The number of amides is 1. The highest BCUT2D eigenvalue weighted by Gasteiger charge is 2.32. The summed E-state index contributed by atoms with van der Waals surface area (Å²) in [5.74, 6) is 1.35. The van der Waals surface area contributed by atoms with Crippen molar-refractivity contribution in [3.8, 4) is 0 Å². The Labute approximate surface area is 133 Å². The van der Waals surface area contributed by atoms with Crippen molar-refractivity contribution in [3.05, 3.63) is 29.8 Å². The van der Waals surface area contributed by atoms with E-state index in [1.54, 1.807) is 0 Å². The van der Waals surface area contributed by atoms with E-state index in [9.17, 15) is 4.79 Å². The van der Waals surface area contributed by atoms with E-state index in [0.717, 1.165) is 31.2 Å². The maximum absolute atomic E-state index is 12.2. The average molecular weight is 301 g/mol. The SMILES string of the molecule is CC(C)c1ccc(NC(=O)CN2CCC3NCCC3C2)cc1. The molecule has 2 atom stereocenters. The number of carbonyl (C=O) groups is 1. The molecule has 4 heteroatoms. The normalized spacial score (nSPS) is 25.2. The van der Waals surface area contributed by atoms with Crippen molar-refractivity contribution >= 4 is 11.6 Å². The maximum Gasteiger partial charge on any atom is 0.238 e. The van der Waals surface area contributed by atoms with Crippen LogP contribution in [0.15, 0.2) is 24.3 Å². The van der Waals surface area contributed by atoms with Gasteiger partial charge in [0.15, 0.2) is 0 Å². The van der Waals surface area contributed by atoms with E-state index in [2.05, 4.69) is 41.5 Å². The summed E-state index contributed by atoms with van der Waals surface area (Å²) in [6.07, 6.45) is 2.42. The maximum atomic E-state index is 12.2. The predicted octanol–water partition coefficient (Wildman–Crippen LogP) is 2.43. The minimum Gasteiger partial charge on any atom is -0.325 e. The van der Waals surface area contributed by atoms with Crippen LogP contribution in [0.4, 0.5) is 5.69 Å². The van der Waals surface area contributed by atoms with Gasteiger partial charge < -0.3 is 10.6 Å². The fourth-order valence-electron chi connectivity index (χ4n) is 3.62. The molecule has 3 rings (SSSR count). The summed E-state index contributed by atoms with van der Waals surface area (Å²) in [6, 6.07) is 8.87. The molecule has 1 aromatic carbocycles. The van der Waals surface area contributed by atoms with E-state index >= 15 is 0 Å². The Kier molecular flexibility index (Phi) is 4.79. The zero-order valence-corrected chi connectivity index (χ0v) is 13.6. The minimum atomic E-state index is 0.0988. The largest absolute Gasteiger partial charge is 0.325 e. The number of hydrogen-bond acceptors (Lipinski definition) is 3. The van der Waals surface area contributed by atoms with E-state index in [1.165, 1.54) is 18.4 Å². The number of piperidine rings is 1. The molecule has 1 aromatic rings. The van der Waals surface area contributed by atoms with Gasteiger partial charge in [-0.3, -0.25) is 9.69 Å². The Balaban J connectivity index is 1.49. The van der Waals surface area contributed by atoms with Gasteiger partial charge in [-0.2, -0.15) is 0 Å². The van der Waals surface area contributed by atoms with Crippen molar-refractivity contribution in [2.45, 2.75) is 38.6 Å². The molecule has 2 heterocycles. The summed E-state index contributed by atoms with van der Waals surface area (Å²) in [6.45, 7) is 8.07. The Morgan fingerprint density at radius 3 is 2.82 bits per heavy atom. The first-order chi connectivity index (χ1) is 10.6. The molecule has 2 unspecified atom stereocenters. The van der Waals surface area contributed by atoms with Gasteiger partial charge in [0.25, 0.3) is 0 Å². The molecule has 0 spiro atoms. The number of fused-ring (bicyclic) bond motifs is 1. The molecule has 4 nitrogen and oxygen atoms in total. The topological polar surface area (TPSA) is 44.4 Å². The molecule has 0 radical (unpaired) electrons. The Morgan fingerprint density at radius 1 is 1.32 bits per heavy atom. The first-order valence-electron chi connectivity index (χ1n) is 8.47. The molecule has 2 saturated heterocycles. The van der Waals surface area contributed by atoms with Crippen LogP contribution in [0.25, 0.3) is 0 Å². The Morgan fingerprint density at radius 2 is 2.09 bits per heavy atom. The number of rotatable bonds is 4. The van der Waals surface area contributed by atoms with Crippen LogP contribution < -0.4 is 10.6 Å². The van der Waals surface area contributed by atoms with Gasteiger partial charge >= 0.3 is 0 Å². The highest BCUT2D eigenvalue weighted by molar-refractivity contribution is 5.92. The molecule has 2 N–H and O–H groups in total. The molecule has 2 aliphatic rings. The van der Waals surface area contributed by atoms with Crippen molar-refractivity contribution < 1.29 is 4.79 Å². The van der Waals surface area contributed by atoms with Crippen molar-refractivity contribution in [1.82, 2.24) is 10.2 Å². The molecule has 0 bridgehead atoms. The van der Waals surface area contributed by atoms with Gasteiger partial charge in [-0.1, -0.05) is 26.0 Å². The monoisotopic (exact) mass is 301 g/mol. The van der Waals surface area contributed by atoms with Crippen LogP contribution in [-0.2, 0) is 4.79 Å². The van der Waals surface area contributed by atoms with E-state index in [-0.39, 0.29) is 5.91 Å². The third-order valence-corrected chi connectivity index (χ3v) is 4.97. The smallest absolute Gasteiger partial charge is 0.238 e. The second kappa shape index (κ2) is 6.80. The second-order valence-corrected chi connectivity index (χ2v) is 6.96. The van der Waals surface area contributed by atoms with Crippen molar-refractivity contribution in [3.63, 3.8) is 0 Å². The predicted molar refractivity (Wildman–Crippen MR) is 90.1 cm³/mol. The number of anilines is 1. The zero-order valence-electron chi connectivity index (χ0n) is 13.6. The van der Waals surface area contributed by atoms with Crippen LogP contribution in [0.5, 0.6) is 0 Å². The summed E-state index contributed by atoms with van der Waals surface area (Å²) in [4.78, 5) is 14.5. The zero-order chi connectivity index (χ0) is 15.5. The number of hydrogen-bond donors (Lipinski definition) is 2. The lowest BCUT2D eigenvalue weighted by atomic mass is 9.93. The van der Waals surface area contributed by atoms with E-state index in [0.29, 0.717) is 18.5 Å². The van der Waals surface area contributed by atoms with Crippen molar-refractivity contribution in [2.24, 2.45) is 5.92 Å². The molecule has 2 fully saturated rings. The van der Waals surface area contributed by atoms with Gasteiger partial charge in [-0.15, -0.1) is 0 Å². The summed E-state index contributed by atoms with van der Waals surface area (Å²) < 4.78 is 0. The van der Waals surface area contributed by atoms with Crippen LogP contribution in [0, 0.1) is 5.92 Å². The summed E-state index contributed by atoms with van der Waals surface area (Å²) in [5.41, 5.74) is 2.20. The lowest BCUT2D eigenvalue weighted by Crippen LogP contribution is -2.46. The lowest BCUT2D eigenvalue weighted by molar-refractivity contribution is -0.117. The standard InChI is InChI=1S/C18H27N3O/c1-13(2)14-3-5-16(6-4-14)20-18(22)12-21-10-8-17-15(11-21)7-9-19-17/h3-6,13,15,17,19H,7-12H2,1-2H3,(H,20,22).